The van der Waals surface area contributed by atoms with Crippen LogP contribution in [0.4, 0.5) is 18.9 Å². The van der Waals surface area contributed by atoms with E-state index < -0.39 is 24.3 Å². The molecule has 4 rings (SSSR count). The van der Waals surface area contributed by atoms with Crippen molar-refractivity contribution in [3.05, 3.63) is 71.9 Å². The number of carbonyl (C=O) groups excluding carboxylic acids is 1. The molecule has 29 heavy (non-hydrogen) atoms. The van der Waals surface area contributed by atoms with Gasteiger partial charge in [0.25, 0.3) is 5.91 Å². The molecule has 2 aromatic heterocycles. The third-order valence-corrected chi connectivity index (χ3v) is 4.84. The van der Waals surface area contributed by atoms with E-state index in [1.54, 1.807) is 18.2 Å². The quantitative estimate of drug-likeness (QED) is 0.492. The van der Waals surface area contributed by atoms with E-state index in [0.717, 1.165) is 28.4 Å². The molecule has 0 aliphatic rings. The van der Waals surface area contributed by atoms with Crippen molar-refractivity contribution >= 4 is 27.9 Å². The summed E-state index contributed by atoms with van der Waals surface area (Å²) in [6.07, 6.45) is -0.666. The fourth-order valence-electron chi connectivity index (χ4n) is 2.73. The zero-order chi connectivity index (χ0) is 20.4. The molecular weight excluding hydrogens is 403 g/mol. The largest absolute Gasteiger partial charge is 0.484 e. The molecule has 0 saturated heterocycles. The molecule has 2 heterocycles. The number of imidazole rings is 1. The fourth-order valence-corrected chi connectivity index (χ4v) is 3.43. The first kappa shape index (κ1) is 19.0. The molecule has 0 bridgehead atoms. The molecule has 0 unspecified atom stereocenters. The maximum absolute atomic E-state index is 12.7. The van der Waals surface area contributed by atoms with Gasteiger partial charge in [-0.05, 0) is 30.3 Å². The molecule has 4 aromatic rings. The lowest BCUT2D eigenvalue weighted by atomic mass is 10.1. The predicted octanol–water partition coefficient (Wildman–Crippen LogP) is 5.10. The number of amides is 1. The summed E-state index contributed by atoms with van der Waals surface area (Å²) in [5.41, 5.74) is 1.31. The maximum Gasteiger partial charge on any atom is 0.416 e. The van der Waals surface area contributed by atoms with E-state index in [1.165, 1.54) is 23.5 Å². The summed E-state index contributed by atoms with van der Waals surface area (Å²) in [6, 6.07) is 11.5. The van der Waals surface area contributed by atoms with Crippen molar-refractivity contribution in [2.24, 2.45) is 0 Å². The van der Waals surface area contributed by atoms with Crippen molar-refractivity contribution in [2.75, 3.05) is 11.9 Å². The third kappa shape index (κ3) is 4.40. The monoisotopic (exact) mass is 417 g/mol. The van der Waals surface area contributed by atoms with Crippen LogP contribution in [0, 0.1) is 0 Å². The molecule has 5 nitrogen and oxygen atoms in total. The van der Waals surface area contributed by atoms with Gasteiger partial charge in [0.15, 0.2) is 11.6 Å². The highest BCUT2D eigenvalue weighted by molar-refractivity contribution is 7.15. The number of anilines is 1. The first-order chi connectivity index (χ1) is 13.9. The number of ether oxygens (including phenoxy) is 1. The predicted molar refractivity (Wildman–Crippen MR) is 104 cm³/mol. The van der Waals surface area contributed by atoms with E-state index in [0.29, 0.717) is 5.69 Å². The van der Waals surface area contributed by atoms with Crippen molar-refractivity contribution in [1.82, 2.24) is 9.38 Å². The molecule has 0 aliphatic heterocycles. The van der Waals surface area contributed by atoms with Gasteiger partial charge in [0.05, 0.1) is 11.3 Å². The van der Waals surface area contributed by atoms with Crippen LogP contribution in [-0.4, -0.2) is 21.9 Å². The van der Waals surface area contributed by atoms with Gasteiger partial charge in [0.2, 0.25) is 0 Å². The number of alkyl halides is 3. The van der Waals surface area contributed by atoms with Gasteiger partial charge in [0.1, 0.15) is 5.75 Å². The van der Waals surface area contributed by atoms with Gasteiger partial charge in [-0.25, -0.2) is 4.98 Å². The average Bonchev–Trinajstić information content (AvgIpc) is 3.28. The van der Waals surface area contributed by atoms with Crippen LogP contribution in [0.2, 0.25) is 0 Å². The number of thiazole rings is 1. The van der Waals surface area contributed by atoms with Crippen LogP contribution in [-0.2, 0) is 11.0 Å². The molecule has 2 aromatic carbocycles. The number of nitrogens with zero attached hydrogens (tertiary/aromatic N) is 2. The van der Waals surface area contributed by atoms with Crippen LogP contribution in [0.5, 0.6) is 5.75 Å². The summed E-state index contributed by atoms with van der Waals surface area (Å²) in [6.45, 7) is -0.411. The van der Waals surface area contributed by atoms with Crippen molar-refractivity contribution in [1.29, 1.82) is 0 Å². The Morgan fingerprint density at radius 3 is 2.79 bits per heavy atom. The van der Waals surface area contributed by atoms with Gasteiger partial charge in [0, 0.05) is 29.0 Å². The Labute approximate surface area is 167 Å². The van der Waals surface area contributed by atoms with Crippen LogP contribution < -0.4 is 10.1 Å². The van der Waals surface area contributed by atoms with Crippen molar-refractivity contribution < 1.29 is 22.7 Å². The molecule has 9 heteroatoms. The van der Waals surface area contributed by atoms with Crippen LogP contribution in [0.15, 0.2) is 66.3 Å². The summed E-state index contributed by atoms with van der Waals surface area (Å²) in [7, 11) is 0. The molecule has 0 radical (unpaired) electrons. The minimum absolute atomic E-state index is 0.0261. The second-order valence-corrected chi connectivity index (χ2v) is 7.04. The molecule has 0 spiro atoms. The van der Waals surface area contributed by atoms with Crippen LogP contribution in [0.3, 0.4) is 0 Å². The summed E-state index contributed by atoms with van der Waals surface area (Å²) < 4.78 is 45.3. The number of benzene rings is 2. The Balaban J connectivity index is 1.41. The van der Waals surface area contributed by atoms with Gasteiger partial charge in [-0.3, -0.25) is 9.20 Å². The highest BCUT2D eigenvalue weighted by Crippen LogP contribution is 2.31. The fraction of sp³-hybridized carbons (Fsp3) is 0.100. The van der Waals surface area contributed by atoms with Gasteiger partial charge in [-0.15, -0.1) is 11.3 Å². The Morgan fingerprint density at radius 2 is 2.00 bits per heavy atom. The SMILES string of the molecule is O=C(COc1cccc(C(F)(F)F)c1)Nc1cccc(-c2cn3ccsc3n2)c1. The molecule has 1 amide bonds. The molecule has 148 valence electrons. The smallest absolute Gasteiger partial charge is 0.416 e. The highest BCUT2D eigenvalue weighted by Gasteiger charge is 2.30. The van der Waals surface area contributed by atoms with Crippen molar-refractivity contribution in [3.63, 3.8) is 0 Å². The van der Waals surface area contributed by atoms with E-state index >= 15 is 0 Å². The lowest BCUT2D eigenvalue weighted by Gasteiger charge is -2.11. The summed E-state index contributed by atoms with van der Waals surface area (Å²) in [5.74, 6) is -0.507. The number of hydrogen-bond acceptors (Lipinski definition) is 4. The van der Waals surface area contributed by atoms with E-state index in [1.807, 2.05) is 28.2 Å². The number of rotatable bonds is 5. The topological polar surface area (TPSA) is 55.6 Å². The van der Waals surface area contributed by atoms with Gasteiger partial charge in [-0.1, -0.05) is 18.2 Å². The first-order valence-corrected chi connectivity index (χ1v) is 9.39. The van der Waals surface area contributed by atoms with E-state index in [9.17, 15) is 18.0 Å². The van der Waals surface area contributed by atoms with Crippen LogP contribution >= 0.6 is 11.3 Å². The Bertz CT molecular complexity index is 1140. The minimum Gasteiger partial charge on any atom is -0.484 e. The highest BCUT2D eigenvalue weighted by atomic mass is 32.1. The van der Waals surface area contributed by atoms with E-state index in [-0.39, 0.29) is 5.75 Å². The molecule has 0 atom stereocenters. The number of aromatic nitrogens is 2. The van der Waals surface area contributed by atoms with Crippen molar-refractivity contribution in [2.45, 2.75) is 6.18 Å². The number of fused-ring (bicyclic) bond motifs is 1. The first-order valence-electron chi connectivity index (χ1n) is 8.51. The van der Waals surface area contributed by atoms with Gasteiger partial charge in [-0.2, -0.15) is 13.2 Å². The molecule has 1 N–H and O–H groups in total. The normalized spacial score (nSPS) is 11.6. The Morgan fingerprint density at radius 1 is 1.17 bits per heavy atom. The Hall–Kier alpha value is -3.33. The maximum atomic E-state index is 12.7. The minimum atomic E-state index is -4.47. The molecule has 0 fully saturated rings. The van der Waals surface area contributed by atoms with Crippen LogP contribution in [0.1, 0.15) is 5.56 Å². The summed E-state index contributed by atoms with van der Waals surface area (Å²) >= 11 is 1.52. The lowest BCUT2D eigenvalue weighted by Crippen LogP contribution is -2.20. The lowest BCUT2D eigenvalue weighted by molar-refractivity contribution is -0.137. The Kier molecular flexibility index (Phi) is 4.98. The second-order valence-electron chi connectivity index (χ2n) is 6.16. The molecule has 0 saturated carbocycles. The van der Waals surface area contributed by atoms with Crippen LogP contribution in [0.25, 0.3) is 16.2 Å². The van der Waals surface area contributed by atoms with E-state index in [4.69, 9.17) is 4.74 Å². The second kappa shape index (κ2) is 7.59. The number of hydrogen-bond donors (Lipinski definition) is 1. The number of halogens is 3. The zero-order valence-corrected chi connectivity index (χ0v) is 15.6. The summed E-state index contributed by atoms with van der Waals surface area (Å²) in [4.78, 5) is 17.5. The summed E-state index contributed by atoms with van der Waals surface area (Å²) in [5, 5.41) is 4.61. The molecule has 0 aliphatic carbocycles. The van der Waals surface area contributed by atoms with Gasteiger partial charge >= 0.3 is 6.18 Å². The zero-order valence-electron chi connectivity index (χ0n) is 14.8. The number of nitrogens with one attached hydrogen (secondary N) is 1. The molecular formula is C20H14F3N3O2S. The number of carbonyl (C=O) groups is 1. The third-order valence-electron chi connectivity index (χ3n) is 4.07. The van der Waals surface area contributed by atoms with E-state index in [2.05, 4.69) is 10.3 Å². The van der Waals surface area contributed by atoms with Gasteiger partial charge < -0.3 is 10.1 Å². The standard InChI is InChI=1S/C20H14F3N3O2S/c21-20(22,23)14-4-2-6-16(10-14)28-12-18(27)24-15-5-1-3-13(9-15)17-11-26-7-8-29-19(26)25-17/h1-11H,12H2,(H,24,27). The van der Waals surface area contributed by atoms with Crippen molar-refractivity contribution in [3.8, 4) is 17.0 Å². The average molecular weight is 417 g/mol.